The van der Waals surface area contributed by atoms with Crippen molar-refractivity contribution in [1.29, 1.82) is 0 Å². The minimum atomic E-state index is -0.128. The predicted octanol–water partition coefficient (Wildman–Crippen LogP) is 4.01. The number of H-pyrrole nitrogens is 1. The molecule has 3 rings (SSSR count). The van der Waals surface area contributed by atoms with E-state index in [1.54, 1.807) is 12.4 Å². The number of pyridine rings is 1. The fraction of sp³-hybridized carbons (Fsp3) is 0.357. The van der Waals surface area contributed by atoms with E-state index in [4.69, 9.17) is 0 Å². The third-order valence-corrected chi connectivity index (χ3v) is 4.81. The molecule has 0 amide bonds. The van der Waals surface area contributed by atoms with Crippen LogP contribution in [-0.2, 0) is 0 Å². The average molecular weight is 399 g/mol. The maximum Gasteiger partial charge on any atom is 0.265 e. The van der Waals surface area contributed by atoms with E-state index in [1.165, 1.54) is 12.8 Å². The van der Waals surface area contributed by atoms with E-state index in [1.807, 2.05) is 6.07 Å². The number of nitrogens with zero attached hydrogens (tertiary/aromatic N) is 2. The highest BCUT2D eigenvalue weighted by Gasteiger charge is 2.23. The number of rotatable bonds is 2. The van der Waals surface area contributed by atoms with Crippen molar-refractivity contribution in [1.82, 2.24) is 15.0 Å². The van der Waals surface area contributed by atoms with Gasteiger partial charge in [-0.25, -0.2) is 4.98 Å². The van der Waals surface area contributed by atoms with Crippen molar-refractivity contribution in [3.63, 3.8) is 0 Å². The fourth-order valence-corrected chi connectivity index (χ4v) is 3.50. The third-order valence-electron chi connectivity index (χ3n) is 3.61. The number of aromatic nitrogens is 3. The first-order valence-corrected chi connectivity index (χ1v) is 8.14. The summed E-state index contributed by atoms with van der Waals surface area (Å²) in [5.74, 6) is 0.958. The van der Waals surface area contributed by atoms with Crippen LogP contribution in [0.2, 0.25) is 0 Å². The second kappa shape index (κ2) is 5.77. The van der Waals surface area contributed by atoms with E-state index < -0.39 is 0 Å². The lowest BCUT2D eigenvalue weighted by atomic mass is 10.0. The lowest BCUT2D eigenvalue weighted by molar-refractivity contribution is 0.688. The summed E-state index contributed by atoms with van der Waals surface area (Å²) in [4.78, 5) is 23.7. The topological polar surface area (TPSA) is 58.6 Å². The van der Waals surface area contributed by atoms with Crippen LogP contribution in [0.4, 0.5) is 0 Å². The number of aromatic amines is 1. The molecule has 1 fully saturated rings. The Morgan fingerprint density at radius 3 is 2.65 bits per heavy atom. The van der Waals surface area contributed by atoms with Crippen molar-refractivity contribution in [2.45, 2.75) is 31.6 Å². The Balaban J connectivity index is 2.11. The maximum absolute atomic E-state index is 12.1. The second-order valence-electron chi connectivity index (χ2n) is 4.99. The van der Waals surface area contributed by atoms with Crippen molar-refractivity contribution in [2.24, 2.45) is 0 Å². The van der Waals surface area contributed by atoms with Crippen LogP contribution in [0.15, 0.2) is 32.2 Å². The molecule has 0 atom stereocenters. The van der Waals surface area contributed by atoms with Gasteiger partial charge in [0.2, 0.25) is 0 Å². The first-order chi connectivity index (χ1) is 9.65. The first kappa shape index (κ1) is 13.9. The molecule has 20 heavy (non-hydrogen) atoms. The predicted molar refractivity (Wildman–Crippen MR) is 84.7 cm³/mol. The zero-order chi connectivity index (χ0) is 14.1. The summed E-state index contributed by atoms with van der Waals surface area (Å²) in [7, 11) is 0. The van der Waals surface area contributed by atoms with Gasteiger partial charge in [0.05, 0.1) is 5.69 Å². The molecule has 2 heterocycles. The molecule has 0 spiro atoms. The smallest absolute Gasteiger partial charge is 0.265 e. The van der Waals surface area contributed by atoms with Gasteiger partial charge in [-0.05, 0) is 50.8 Å². The summed E-state index contributed by atoms with van der Waals surface area (Å²) >= 11 is 6.77. The molecule has 0 bridgehead atoms. The Hall–Kier alpha value is -1.01. The molecule has 6 heteroatoms. The molecule has 0 aromatic carbocycles. The molecule has 1 aliphatic carbocycles. The Labute approximate surface area is 133 Å². The van der Waals surface area contributed by atoms with Gasteiger partial charge < -0.3 is 4.98 Å². The van der Waals surface area contributed by atoms with Crippen molar-refractivity contribution in [3.8, 4) is 11.4 Å². The van der Waals surface area contributed by atoms with E-state index in [-0.39, 0.29) is 5.56 Å². The minimum absolute atomic E-state index is 0.128. The molecule has 0 saturated heterocycles. The van der Waals surface area contributed by atoms with Crippen molar-refractivity contribution < 1.29 is 0 Å². The first-order valence-electron chi connectivity index (χ1n) is 6.56. The Bertz CT molecular complexity index is 693. The van der Waals surface area contributed by atoms with Crippen LogP contribution in [-0.4, -0.2) is 15.0 Å². The van der Waals surface area contributed by atoms with Gasteiger partial charge in [0.15, 0.2) is 0 Å². The maximum atomic E-state index is 12.1. The minimum Gasteiger partial charge on any atom is -0.305 e. The summed E-state index contributed by atoms with van der Waals surface area (Å²) in [6.45, 7) is 0. The lowest BCUT2D eigenvalue weighted by Gasteiger charge is -2.12. The third kappa shape index (κ3) is 2.72. The van der Waals surface area contributed by atoms with Crippen molar-refractivity contribution in [2.75, 3.05) is 0 Å². The van der Waals surface area contributed by atoms with Crippen LogP contribution in [0.25, 0.3) is 11.4 Å². The summed E-state index contributed by atoms with van der Waals surface area (Å²) in [5.41, 5.74) is 1.56. The normalized spacial score (nSPS) is 15.7. The van der Waals surface area contributed by atoms with Gasteiger partial charge in [0.25, 0.3) is 5.56 Å². The van der Waals surface area contributed by atoms with Gasteiger partial charge >= 0.3 is 0 Å². The molecule has 0 aliphatic heterocycles. The van der Waals surface area contributed by atoms with Crippen LogP contribution < -0.4 is 5.56 Å². The Morgan fingerprint density at radius 2 is 1.95 bits per heavy atom. The van der Waals surface area contributed by atoms with E-state index in [9.17, 15) is 4.79 Å². The van der Waals surface area contributed by atoms with Crippen molar-refractivity contribution in [3.05, 3.63) is 43.5 Å². The number of hydrogen-bond acceptors (Lipinski definition) is 3. The molecular formula is C14H13Br2N3O. The van der Waals surface area contributed by atoms with Gasteiger partial charge in [-0.1, -0.05) is 12.8 Å². The standard InChI is InChI=1S/C14H13Br2N3O/c15-10-5-9(6-17-7-10)13-18-12(8-3-1-2-4-8)11(16)14(20)19-13/h5-8H,1-4H2,(H,18,19,20). The molecular weight excluding hydrogens is 386 g/mol. The molecule has 2 aromatic rings. The Morgan fingerprint density at radius 1 is 1.20 bits per heavy atom. The van der Waals surface area contributed by atoms with Crippen LogP contribution in [0.3, 0.4) is 0 Å². The van der Waals surface area contributed by atoms with Gasteiger partial charge in [-0.3, -0.25) is 9.78 Å². The van der Waals surface area contributed by atoms with Gasteiger partial charge in [-0.15, -0.1) is 0 Å². The van der Waals surface area contributed by atoms with Crippen LogP contribution in [0.5, 0.6) is 0 Å². The molecule has 1 saturated carbocycles. The molecule has 4 nitrogen and oxygen atoms in total. The van der Waals surface area contributed by atoms with Gasteiger partial charge in [-0.2, -0.15) is 0 Å². The summed E-state index contributed by atoms with van der Waals surface area (Å²) < 4.78 is 1.43. The molecule has 0 radical (unpaired) electrons. The van der Waals surface area contributed by atoms with Gasteiger partial charge in [0, 0.05) is 28.3 Å². The fourth-order valence-electron chi connectivity index (χ4n) is 2.62. The highest BCUT2D eigenvalue weighted by Crippen LogP contribution is 2.36. The molecule has 0 unspecified atom stereocenters. The average Bonchev–Trinajstić information content (AvgIpc) is 2.95. The lowest BCUT2D eigenvalue weighted by Crippen LogP contribution is -2.15. The van der Waals surface area contributed by atoms with Crippen LogP contribution in [0.1, 0.15) is 37.3 Å². The van der Waals surface area contributed by atoms with E-state index in [0.717, 1.165) is 28.6 Å². The summed E-state index contributed by atoms with van der Waals surface area (Å²) in [5, 5.41) is 0. The quantitative estimate of drug-likeness (QED) is 0.831. The highest BCUT2D eigenvalue weighted by molar-refractivity contribution is 9.10. The monoisotopic (exact) mass is 397 g/mol. The molecule has 1 N–H and O–H groups in total. The van der Waals surface area contributed by atoms with E-state index in [2.05, 4.69) is 46.8 Å². The number of hydrogen-bond donors (Lipinski definition) is 1. The second-order valence-corrected chi connectivity index (χ2v) is 6.70. The summed E-state index contributed by atoms with van der Waals surface area (Å²) in [6.07, 6.45) is 8.03. The summed E-state index contributed by atoms with van der Waals surface area (Å²) in [6, 6.07) is 1.90. The van der Waals surface area contributed by atoms with E-state index in [0.29, 0.717) is 16.2 Å². The zero-order valence-corrected chi connectivity index (χ0v) is 13.9. The zero-order valence-electron chi connectivity index (χ0n) is 10.7. The van der Waals surface area contributed by atoms with Crippen LogP contribution >= 0.6 is 31.9 Å². The molecule has 2 aromatic heterocycles. The molecule has 104 valence electrons. The Kier molecular flexibility index (Phi) is 4.03. The van der Waals surface area contributed by atoms with Gasteiger partial charge in [0.1, 0.15) is 10.3 Å². The van der Waals surface area contributed by atoms with Crippen molar-refractivity contribution >= 4 is 31.9 Å². The highest BCUT2D eigenvalue weighted by atomic mass is 79.9. The van der Waals surface area contributed by atoms with Crippen LogP contribution in [0, 0.1) is 0 Å². The van der Waals surface area contributed by atoms with E-state index >= 15 is 0 Å². The SMILES string of the molecule is O=c1[nH]c(-c2cncc(Br)c2)nc(C2CCCC2)c1Br. The largest absolute Gasteiger partial charge is 0.305 e. The number of halogens is 2. The number of nitrogens with one attached hydrogen (secondary N) is 1. The molecule has 1 aliphatic rings.